The zero-order valence-corrected chi connectivity index (χ0v) is 16.1. The topological polar surface area (TPSA) is 58.7 Å². The number of alkyl halides is 1. The first kappa shape index (κ1) is 15.0. The number of hydrogen-bond acceptors (Lipinski definition) is 4. The van der Waals surface area contributed by atoms with Crippen molar-refractivity contribution in [1.82, 2.24) is 4.90 Å². The molecule has 0 bridgehead atoms. The Labute approximate surface area is 142 Å². The van der Waals surface area contributed by atoms with E-state index >= 15 is 0 Å². The number of thiophene rings is 1. The minimum atomic E-state index is -0.413. The summed E-state index contributed by atoms with van der Waals surface area (Å²) in [5, 5.41) is 0. The molecule has 2 rings (SSSR count). The summed E-state index contributed by atoms with van der Waals surface area (Å²) >= 11 is 15.3. The number of rotatable bonds is 1. The lowest BCUT2D eigenvalue weighted by Crippen LogP contribution is -2.48. The molecule has 1 aromatic heterocycles. The van der Waals surface area contributed by atoms with Gasteiger partial charge in [0, 0.05) is 16.4 Å². The lowest BCUT2D eigenvalue weighted by atomic mass is 10.1. The number of carbonyl (C=O) groups is 1. The molecule has 0 aliphatic carbocycles. The predicted octanol–water partition coefficient (Wildman–Crippen LogP) is 3.63. The summed E-state index contributed by atoms with van der Waals surface area (Å²) in [7, 11) is 1.61. The Hall–Kier alpha value is 0.560. The summed E-state index contributed by atoms with van der Waals surface area (Å²) in [4.78, 5) is 18.3. The number of aliphatic imine (C=N–C) groups is 1. The van der Waals surface area contributed by atoms with Gasteiger partial charge in [-0.2, -0.15) is 0 Å². The molecule has 98 valence electrons. The predicted molar refractivity (Wildman–Crippen MR) is 87.3 cm³/mol. The minimum absolute atomic E-state index is 0.0972. The monoisotopic (exact) mass is 521 g/mol. The molecule has 2 N–H and O–H groups in total. The van der Waals surface area contributed by atoms with Crippen molar-refractivity contribution in [2.75, 3.05) is 7.05 Å². The van der Waals surface area contributed by atoms with E-state index < -0.39 is 4.83 Å². The van der Waals surface area contributed by atoms with E-state index in [1.54, 1.807) is 7.05 Å². The van der Waals surface area contributed by atoms with Gasteiger partial charge in [0.05, 0.1) is 8.26 Å². The number of guanidine groups is 1. The summed E-state index contributed by atoms with van der Waals surface area (Å²) in [5.41, 5.74) is 5.75. The molecular weight excluding hydrogens is 518 g/mol. The summed E-state index contributed by atoms with van der Waals surface area (Å²) in [5.74, 6) is 0.133. The van der Waals surface area contributed by atoms with Crippen molar-refractivity contribution in [3.63, 3.8) is 0 Å². The van der Waals surface area contributed by atoms with Crippen molar-refractivity contribution in [1.29, 1.82) is 0 Å². The van der Waals surface area contributed by atoms with Crippen molar-refractivity contribution in [3.8, 4) is 0 Å². The third-order valence-electron chi connectivity index (χ3n) is 2.51. The molecule has 0 fully saturated rings. The van der Waals surface area contributed by atoms with Crippen LogP contribution in [-0.2, 0) is 4.79 Å². The molecule has 1 aliphatic heterocycles. The standard InChI is InChI=1S/C9H7Br4N3OS/c1-16-8(17)4(12)5(15-9(16)14)6-2(10)3(11)7(13)18-6/h4-5H,1H3,(H2,14,15). The van der Waals surface area contributed by atoms with Crippen LogP contribution in [-0.4, -0.2) is 28.6 Å². The van der Waals surface area contributed by atoms with Gasteiger partial charge >= 0.3 is 0 Å². The van der Waals surface area contributed by atoms with E-state index in [9.17, 15) is 4.79 Å². The Balaban J connectivity index is 2.50. The van der Waals surface area contributed by atoms with E-state index in [0.717, 1.165) is 17.6 Å². The first-order chi connectivity index (χ1) is 8.34. The molecule has 4 nitrogen and oxygen atoms in total. The molecule has 2 atom stereocenters. The molecule has 1 amide bonds. The van der Waals surface area contributed by atoms with Crippen molar-refractivity contribution in [3.05, 3.63) is 17.6 Å². The van der Waals surface area contributed by atoms with Gasteiger partial charge in [0.15, 0.2) is 5.96 Å². The third kappa shape index (κ3) is 2.44. The highest BCUT2D eigenvalue weighted by atomic mass is 79.9. The van der Waals surface area contributed by atoms with Crippen LogP contribution in [0.2, 0.25) is 0 Å². The molecule has 1 aliphatic rings. The average molecular weight is 525 g/mol. The summed E-state index contributed by atoms with van der Waals surface area (Å²) in [6.07, 6.45) is 0. The highest BCUT2D eigenvalue weighted by Crippen LogP contribution is 2.47. The normalized spacial score (nSPS) is 24.4. The highest BCUT2D eigenvalue weighted by molar-refractivity contribution is 9.14. The number of hydrogen-bond donors (Lipinski definition) is 1. The lowest BCUT2D eigenvalue weighted by molar-refractivity contribution is -0.126. The maximum Gasteiger partial charge on any atom is 0.245 e. The molecule has 1 aromatic rings. The van der Waals surface area contributed by atoms with Crippen molar-refractivity contribution < 1.29 is 4.79 Å². The molecule has 0 saturated heterocycles. The largest absolute Gasteiger partial charge is 0.369 e. The van der Waals surface area contributed by atoms with Gasteiger partial charge in [0.1, 0.15) is 10.9 Å². The SMILES string of the molecule is CN1C(=O)C(Br)C(c2sc(Br)c(Br)c2Br)N=C1N. The second kappa shape index (κ2) is 5.51. The van der Waals surface area contributed by atoms with Crippen LogP contribution in [0.25, 0.3) is 0 Å². The van der Waals surface area contributed by atoms with E-state index in [2.05, 4.69) is 68.7 Å². The van der Waals surface area contributed by atoms with Gasteiger partial charge in [-0.05, 0) is 47.8 Å². The molecular formula is C9H7Br4N3OS. The zero-order valence-electron chi connectivity index (χ0n) is 8.95. The van der Waals surface area contributed by atoms with Crippen LogP contribution in [0, 0.1) is 0 Å². The summed E-state index contributed by atoms with van der Waals surface area (Å²) in [6, 6.07) is -0.323. The van der Waals surface area contributed by atoms with Crippen LogP contribution in [0.1, 0.15) is 10.9 Å². The van der Waals surface area contributed by atoms with Crippen LogP contribution >= 0.6 is 75.1 Å². The highest BCUT2D eigenvalue weighted by Gasteiger charge is 2.37. The molecule has 0 saturated carbocycles. The van der Waals surface area contributed by atoms with Gasteiger partial charge < -0.3 is 5.73 Å². The van der Waals surface area contributed by atoms with Crippen LogP contribution < -0.4 is 5.73 Å². The molecule has 0 aromatic carbocycles. The fourth-order valence-corrected chi connectivity index (χ4v) is 5.62. The fraction of sp³-hybridized carbons (Fsp3) is 0.333. The second-order valence-electron chi connectivity index (χ2n) is 3.60. The van der Waals surface area contributed by atoms with E-state index in [-0.39, 0.29) is 17.9 Å². The van der Waals surface area contributed by atoms with Crippen molar-refractivity contribution in [2.45, 2.75) is 10.9 Å². The Morgan fingerprint density at radius 3 is 2.44 bits per heavy atom. The number of nitrogens with two attached hydrogens (primary N) is 1. The smallest absolute Gasteiger partial charge is 0.245 e. The maximum absolute atomic E-state index is 12.0. The van der Waals surface area contributed by atoms with Crippen LogP contribution in [0.15, 0.2) is 17.7 Å². The van der Waals surface area contributed by atoms with Crippen molar-refractivity contribution in [2.24, 2.45) is 10.7 Å². The maximum atomic E-state index is 12.0. The molecule has 18 heavy (non-hydrogen) atoms. The Morgan fingerprint density at radius 1 is 1.33 bits per heavy atom. The van der Waals surface area contributed by atoms with Crippen molar-refractivity contribution >= 4 is 86.9 Å². The van der Waals surface area contributed by atoms with E-state index in [4.69, 9.17) is 5.73 Å². The van der Waals surface area contributed by atoms with Gasteiger partial charge in [-0.1, -0.05) is 15.9 Å². The number of nitrogens with zero attached hydrogens (tertiary/aromatic N) is 2. The van der Waals surface area contributed by atoms with Crippen LogP contribution in [0.5, 0.6) is 0 Å². The molecule has 0 spiro atoms. The summed E-state index contributed by atoms with van der Waals surface area (Å²) < 4.78 is 2.76. The summed E-state index contributed by atoms with van der Waals surface area (Å²) in [6.45, 7) is 0. The number of halogens is 4. The Morgan fingerprint density at radius 2 is 1.94 bits per heavy atom. The van der Waals surface area contributed by atoms with Crippen LogP contribution in [0.4, 0.5) is 0 Å². The Kier molecular flexibility index (Phi) is 4.58. The molecule has 9 heteroatoms. The van der Waals surface area contributed by atoms with Crippen LogP contribution in [0.3, 0.4) is 0 Å². The molecule has 0 radical (unpaired) electrons. The lowest BCUT2D eigenvalue weighted by Gasteiger charge is -2.29. The second-order valence-corrected chi connectivity index (χ2v) is 8.54. The molecule has 2 heterocycles. The first-order valence-corrected chi connectivity index (χ1v) is 8.83. The quantitative estimate of drug-likeness (QED) is 0.571. The van der Waals surface area contributed by atoms with Gasteiger partial charge in [-0.25, -0.2) is 4.99 Å². The van der Waals surface area contributed by atoms with E-state index in [1.165, 1.54) is 16.2 Å². The number of amides is 1. The molecule has 2 unspecified atom stereocenters. The fourth-order valence-electron chi connectivity index (χ4n) is 1.49. The third-order valence-corrected chi connectivity index (χ3v) is 8.54. The van der Waals surface area contributed by atoms with Gasteiger partial charge in [0.2, 0.25) is 5.91 Å². The van der Waals surface area contributed by atoms with Gasteiger partial charge in [-0.3, -0.25) is 9.69 Å². The van der Waals surface area contributed by atoms with Gasteiger partial charge in [-0.15, -0.1) is 11.3 Å². The Bertz CT molecular complexity index is 544. The number of carbonyl (C=O) groups excluding carboxylic acids is 1. The van der Waals surface area contributed by atoms with E-state index in [0.29, 0.717) is 0 Å². The minimum Gasteiger partial charge on any atom is -0.369 e. The zero-order chi connectivity index (χ0) is 13.6. The average Bonchev–Trinajstić information content (AvgIpc) is 2.59. The first-order valence-electron chi connectivity index (χ1n) is 4.72. The van der Waals surface area contributed by atoms with E-state index in [1.807, 2.05) is 0 Å². The van der Waals surface area contributed by atoms with Gasteiger partial charge in [0.25, 0.3) is 0 Å².